The van der Waals surface area contributed by atoms with Crippen molar-refractivity contribution in [1.29, 1.82) is 0 Å². The van der Waals surface area contributed by atoms with Crippen LogP contribution in [0.5, 0.6) is 5.75 Å². The molecule has 0 radical (unpaired) electrons. The van der Waals surface area contributed by atoms with Gasteiger partial charge in [0.05, 0.1) is 12.4 Å². The molecule has 0 atom stereocenters. The van der Waals surface area contributed by atoms with Crippen LogP contribution in [0.15, 0.2) is 83.7 Å². The van der Waals surface area contributed by atoms with Crippen molar-refractivity contribution in [2.24, 2.45) is 10.2 Å². The van der Waals surface area contributed by atoms with Crippen LogP contribution in [-0.2, 0) is 0 Å². The first-order valence-corrected chi connectivity index (χ1v) is 6.58. The normalized spacial score (nSPS) is 11.0. The van der Waals surface area contributed by atoms with E-state index in [1.54, 1.807) is 42.8 Å². The number of benzene rings is 2. The monoisotopic (exact) mass is 294 g/mol. The van der Waals surface area contributed by atoms with Crippen molar-refractivity contribution in [3.8, 4) is 5.75 Å². The third kappa shape index (κ3) is 4.83. The van der Waals surface area contributed by atoms with E-state index in [9.17, 15) is 4.39 Å². The maximum atomic E-state index is 12.7. The first-order valence-electron chi connectivity index (χ1n) is 6.58. The number of hydrogen-bond donors (Lipinski definition) is 0. The minimum Gasteiger partial charge on any atom is -0.458 e. The zero-order valence-corrected chi connectivity index (χ0v) is 11.9. The van der Waals surface area contributed by atoms with E-state index in [0.717, 1.165) is 11.1 Å². The molecule has 0 heterocycles. The van der Waals surface area contributed by atoms with E-state index in [2.05, 4.69) is 23.4 Å². The van der Waals surface area contributed by atoms with Crippen LogP contribution in [0.4, 0.5) is 4.39 Å². The molecular weight excluding hydrogens is 279 g/mol. The molecule has 2 aromatic carbocycles. The van der Waals surface area contributed by atoms with Crippen molar-refractivity contribution in [3.63, 3.8) is 0 Å². The maximum absolute atomic E-state index is 12.7. The van der Waals surface area contributed by atoms with Gasteiger partial charge in [0.15, 0.2) is 0 Å². The summed E-state index contributed by atoms with van der Waals surface area (Å²) in [7, 11) is 0. The molecule has 0 N–H and O–H groups in total. The van der Waals surface area contributed by atoms with Crippen molar-refractivity contribution in [3.05, 3.63) is 90.5 Å². The van der Waals surface area contributed by atoms with Crippen molar-refractivity contribution in [1.82, 2.24) is 0 Å². The van der Waals surface area contributed by atoms with Gasteiger partial charge in [-0.2, -0.15) is 10.2 Å². The summed E-state index contributed by atoms with van der Waals surface area (Å²) >= 11 is 0. The second-order valence-electron chi connectivity index (χ2n) is 4.38. The van der Waals surface area contributed by atoms with Crippen LogP contribution in [0, 0.1) is 5.82 Å². The van der Waals surface area contributed by atoms with Crippen LogP contribution in [0.25, 0.3) is 0 Å². The summed E-state index contributed by atoms with van der Waals surface area (Å²) in [4.78, 5) is 0. The second kappa shape index (κ2) is 7.69. The lowest BCUT2D eigenvalue weighted by atomic mass is 10.2. The first kappa shape index (κ1) is 15.4. The molecule has 4 heteroatoms. The first-order chi connectivity index (χ1) is 10.7. The van der Waals surface area contributed by atoms with Gasteiger partial charge < -0.3 is 4.74 Å². The Morgan fingerprint density at radius 3 is 1.91 bits per heavy atom. The smallest absolute Gasteiger partial charge is 0.127 e. The van der Waals surface area contributed by atoms with Crippen molar-refractivity contribution in [2.45, 2.75) is 0 Å². The van der Waals surface area contributed by atoms with E-state index in [1.165, 1.54) is 12.1 Å². The Morgan fingerprint density at radius 2 is 1.41 bits per heavy atom. The minimum atomic E-state index is -0.276. The number of rotatable bonds is 6. The van der Waals surface area contributed by atoms with Crippen LogP contribution in [0.2, 0.25) is 0 Å². The highest BCUT2D eigenvalue weighted by Crippen LogP contribution is 2.14. The van der Waals surface area contributed by atoms with Crippen LogP contribution < -0.4 is 4.74 Å². The highest BCUT2D eigenvalue weighted by atomic mass is 19.1. The van der Waals surface area contributed by atoms with Gasteiger partial charge in [0, 0.05) is 0 Å². The molecule has 0 aliphatic rings. The fourth-order valence-electron chi connectivity index (χ4n) is 1.56. The number of ether oxygens (including phenoxy) is 1. The molecule has 110 valence electrons. The van der Waals surface area contributed by atoms with Gasteiger partial charge in [-0.05, 0) is 53.6 Å². The summed E-state index contributed by atoms with van der Waals surface area (Å²) < 4.78 is 18.1. The third-order valence-electron chi connectivity index (χ3n) is 2.71. The molecule has 0 saturated heterocycles. The number of allylic oxidation sites excluding steroid dienone is 1. The molecule has 0 aliphatic heterocycles. The Kier molecular flexibility index (Phi) is 5.37. The Balaban J connectivity index is 1.94. The van der Waals surface area contributed by atoms with E-state index in [4.69, 9.17) is 4.74 Å². The largest absolute Gasteiger partial charge is 0.458 e. The quantitative estimate of drug-likeness (QED) is 0.337. The molecule has 0 bridgehead atoms. The average Bonchev–Trinajstić information content (AvgIpc) is 2.54. The number of halogens is 1. The summed E-state index contributed by atoms with van der Waals surface area (Å²) in [5.41, 5.74) is 1.66. The topological polar surface area (TPSA) is 34.0 Å². The zero-order chi connectivity index (χ0) is 15.8. The Labute approximate surface area is 128 Å². The van der Waals surface area contributed by atoms with Gasteiger partial charge in [0.2, 0.25) is 0 Å². The summed E-state index contributed by atoms with van der Waals surface area (Å²) in [5.74, 6) is 0.893. The summed E-state index contributed by atoms with van der Waals surface area (Å²) in [6, 6.07) is 13.3. The molecule has 0 fully saturated rings. The highest BCUT2D eigenvalue weighted by Gasteiger charge is 1.94. The lowest BCUT2D eigenvalue weighted by Gasteiger charge is -2.04. The lowest BCUT2D eigenvalue weighted by Crippen LogP contribution is -1.90. The van der Waals surface area contributed by atoms with Crippen LogP contribution in [-0.4, -0.2) is 12.4 Å². The molecule has 3 nitrogen and oxygen atoms in total. The fraction of sp³-hybridized carbons (Fsp3) is 0. The van der Waals surface area contributed by atoms with Crippen LogP contribution in [0.3, 0.4) is 0 Å². The van der Waals surface area contributed by atoms with E-state index >= 15 is 0 Å². The summed E-state index contributed by atoms with van der Waals surface area (Å²) in [5, 5.41) is 7.86. The average molecular weight is 294 g/mol. The molecule has 2 rings (SSSR count). The van der Waals surface area contributed by atoms with Gasteiger partial charge in [-0.15, -0.1) is 0 Å². The fourth-order valence-corrected chi connectivity index (χ4v) is 1.56. The number of hydrogen-bond acceptors (Lipinski definition) is 3. The van der Waals surface area contributed by atoms with E-state index in [-0.39, 0.29) is 5.82 Å². The van der Waals surface area contributed by atoms with Crippen molar-refractivity contribution in [2.75, 3.05) is 0 Å². The highest BCUT2D eigenvalue weighted by molar-refractivity contribution is 5.82. The van der Waals surface area contributed by atoms with Gasteiger partial charge in [0.1, 0.15) is 17.3 Å². The lowest BCUT2D eigenvalue weighted by molar-refractivity contribution is 0.447. The van der Waals surface area contributed by atoms with E-state index < -0.39 is 0 Å². The van der Waals surface area contributed by atoms with Gasteiger partial charge in [-0.1, -0.05) is 25.3 Å². The Bertz CT molecular complexity index is 701. The molecule has 0 unspecified atom stereocenters. The molecular formula is C18H15FN2O. The molecule has 22 heavy (non-hydrogen) atoms. The van der Waals surface area contributed by atoms with E-state index in [0.29, 0.717) is 11.5 Å². The molecule has 0 aromatic heterocycles. The molecule has 2 aromatic rings. The summed E-state index contributed by atoms with van der Waals surface area (Å²) in [6.45, 7) is 7.25. The predicted molar refractivity (Wildman–Crippen MR) is 88.0 cm³/mol. The Hall–Kier alpha value is -3.01. The van der Waals surface area contributed by atoms with Crippen molar-refractivity contribution >= 4 is 12.4 Å². The second-order valence-corrected chi connectivity index (χ2v) is 4.38. The van der Waals surface area contributed by atoms with Crippen LogP contribution >= 0.6 is 0 Å². The van der Waals surface area contributed by atoms with Crippen molar-refractivity contribution < 1.29 is 9.13 Å². The maximum Gasteiger partial charge on any atom is 0.127 e. The summed E-state index contributed by atoms with van der Waals surface area (Å²) in [6.07, 6.45) is 4.72. The van der Waals surface area contributed by atoms with Gasteiger partial charge >= 0.3 is 0 Å². The molecule has 0 amide bonds. The molecule has 0 saturated carbocycles. The minimum absolute atomic E-state index is 0.276. The molecule has 0 aliphatic carbocycles. The van der Waals surface area contributed by atoms with Gasteiger partial charge in [0.25, 0.3) is 0 Å². The number of nitrogens with zero attached hydrogens (tertiary/aromatic N) is 2. The predicted octanol–water partition coefficient (Wildman–Crippen LogP) is 4.36. The SMILES string of the molecule is C=CC(=C)Oc1ccc(/C=N/N=C/c2ccc(F)cc2)cc1. The van der Waals surface area contributed by atoms with Crippen LogP contribution in [0.1, 0.15) is 11.1 Å². The van der Waals surface area contributed by atoms with E-state index in [1.807, 2.05) is 12.1 Å². The zero-order valence-electron chi connectivity index (χ0n) is 11.9. The Morgan fingerprint density at radius 1 is 0.909 bits per heavy atom. The van der Waals surface area contributed by atoms with Gasteiger partial charge in [-0.25, -0.2) is 4.39 Å². The third-order valence-corrected chi connectivity index (χ3v) is 2.71. The standard InChI is InChI=1S/C18H15FN2O/c1-3-14(2)22-18-10-6-16(7-11-18)13-21-20-12-15-4-8-17(19)9-5-15/h3-13H,1-2H2/b20-12+,21-13+. The van der Waals surface area contributed by atoms with Gasteiger partial charge in [-0.3, -0.25) is 0 Å². The molecule has 0 spiro atoms.